The highest BCUT2D eigenvalue weighted by Gasteiger charge is 2.27. The Morgan fingerprint density at radius 3 is 3.00 bits per heavy atom. The highest BCUT2D eigenvalue weighted by Crippen LogP contribution is 2.26. The van der Waals surface area contributed by atoms with Gasteiger partial charge in [0, 0.05) is 6.04 Å². The standard InChI is InChI=1S/C9H16NO2/c1-9(12)5-3-2-4-8(6-9)10-7-11/h8,12H,2-6H2,1H3,(H,10,11). The maximum absolute atomic E-state index is 10.1. The van der Waals surface area contributed by atoms with Crippen LogP contribution >= 0.6 is 0 Å². The lowest BCUT2D eigenvalue weighted by atomic mass is 9.95. The normalized spacial score (nSPS) is 37.0. The average molecular weight is 170 g/mol. The first kappa shape index (κ1) is 9.52. The van der Waals surface area contributed by atoms with E-state index in [0.717, 1.165) is 25.7 Å². The third-order valence-electron chi connectivity index (χ3n) is 2.47. The molecule has 0 aliphatic heterocycles. The largest absolute Gasteiger partial charge is 0.390 e. The van der Waals surface area contributed by atoms with Gasteiger partial charge in [-0.1, -0.05) is 12.8 Å². The molecule has 1 saturated carbocycles. The van der Waals surface area contributed by atoms with Gasteiger partial charge in [-0.3, -0.25) is 4.79 Å². The Balaban J connectivity index is 2.47. The molecule has 0 saturated heterocycles. The van der Waals surface area contributed by atoms with E-state index in [1.807, 2.05) is 6.92 Å². The summed E-state index contributed by atoms with van der Waals surface area (Å²) in [6, 6.07) is 0.111. The van der Waals surface area contributed by atoms with E-state index in [-0.39, 0.29) is 6.04 Å². The van der Waals surface area contributed by atoms with Gasteiger partial charge >= 0.3 is 6.41 Å². The smallest absolute Gasteiger partial charge is 0.309 e. The summed E-state index contributed by atoms with van der Waals surface area (Å²) in [5.41, 5.74) is -0.606. The molecule has 1 aliphatic rings. The summed E-state index contributed by atoms with van der Waals surface area (Å²) in [4.78, 5) is 10.1. The monoisotopic (exact) mass is 170 g/mol. The van der Waals surface area contributed by atoms with Crippen molar-refractivity contribution in [2.75, 3.05) is 0 Å². The van der Waals surface area contributed by atoms with Crippen LogP contribution in [-0.2, 0) is 4.79 Å². The third kappa shape index (κ3) is 2.81. The molecule has 1 aliphatic carbocycles. The van der Waals surface area contributed by atoms with Gasteiger partial charge in [-0.15, -0.1) is 0 Å². The van der Waals surface area contributed by atoms with E-state index in [1.165, 1.54) is 0 Å². The first-order valence-electron chi connectivity index (χ1n) is 4.49. The molecule has 2 N–H and O–H groups in total. The molecule has 12 heavy (non-hydrogen) atoms. The van der Waals surface area contributed by atoms with Gasteiger partial charge < -0.3 is 10.4 Å². The molecule has 0 heterocycles. The molecule has 0 aromatic carbocycles. The van der Waals surface area contributed by atoms with Crippen molar-refractivity contribution in [3.63, 3.8) is 0 Å². The van der Waals surface area contributed by atoms with Crippen LogP contribution in [0, 0.1) is 0 Å². The van der Waals surface area contributed by atoms with Crippen LogP contribution in [0.5, 0.6) is 0 Å². The Hall–Kier alpha value is -0.570. The second-order valence-electron chi connectivity index (χ2n) is 3.89. The molecule has 3 nitrogen and oxygen atoms in total. The topological polar surface area (TPSA) is 49.3 Å². The quantitative estimate of drug-likeness (QED) is 0.474. The summed E-state index contributed by atoms with van der Waals surface area (Å²) in [7, 11) is 0. The Morgan fingerprint density at radius 1 is 1.58 bits per heavy atom. The molecule has 1 radical (unpaired) electrons. The number of amides is 1. The summed E-state index contributed by atoms with van der Waals surface area (Å²) in [5, 5.41) is 12.4. The molecule has 1 rings (SSSR count). The highest BCUT2D eigenvalue weighted by atomic mass is 16.3. The van der Waals surface area contributed by atoms with E-state index < -0.39 is 5.60 Å². The summed E-state index contributed by atoms with van der Waals surface area (Å²) in [6.07, 6.45) is 6.27. The van der Waals surface area contributed by atoms with Gasteiger partial charge in [0.2, 0.25) is 0 Å². The van der Waals surface area contributed by atoms with Crippen LogP contribution in [0.1, 0.15) is 39.0 Å². The number of hydrogen-bond donors (Lipinski definition) is 2. The van der Waals surface area contributed by atoms with Crippen LogP contribution < -0.4 is 5.32 Å². The van der Waals surface area contributed by atoms with Crippen molar-refractivity contribution in [1.29, 1.82) is 0 Å². The Morgan fingerprint density at radius 2 is 2.33 bits per heavy atom. The van der Waals surface area contributed by atoms with Crippen molar-refractivity contribution < 1.29 is 9.90 Å². The van der Waals surface area contributed by atoms with Crippen LogP contribution in [0.25, 0.3) is 0 Å². The van der Waals surface area contributed by atoms with Gasteiger partial charge in [-0.25, -0.2) is 0 Å². The van der Waals surface area contributed by atoms with Crippen molar-refractivity contribution in [2.45, 2.75) is 50.7 Å². The average Bonchev–Trinajstić information content (AvgIpc) is 2.11. The van der Waals surface area contributed by atoms with Crippen LogP contribution in [-0.4, -0.2) is 23.2 Å². The number of rotatable bonds is 2. The first-order chi connectivity index (χ1) is 5.64. The van der Waals surface area contributed by atoms with Gasteiger partial charge in [-0.05, 0) is 26.2 Å². The van der Waals surface area contributed by atoms with E-state index in [9.17, 15) is 9.90 Å². The van der Waals surface area contributed by atoms with Crippen molar-refractivity contribution in [3.8, 4) is 0 Å². The lowest BCUT2D eigenvalue weighted by Gasteiger charge is -2.24. The van der Waals surface area contributed by atoms with Crippen LogP contribution in [0.2, 0.25) is 0 Å². The minimum atomic E-state index is -0.606. The third-order valence-corrected chi connectivity index (χ3v) is 2.47. The van der Waals surface area contributed by atoms with Crippen LogP contribution in [0.3, 0.4) is 0 Å². The molecule has 0 aromatic rings. The molecule has 3 heteroatoms. The minimum Gasteiger partial charge on any atom is -0.390 e. The zero-order chi connectivity index (χ0) is 9.03. The van der Waals surface area contributed by atoms with Gasteiger partial charge in [0.15, 0.2) is 0 Å². The molecule has 2 unspecified atom stereocenters. The second-order valence-corrected chi connectivity index (χ2v) is 3.89. The SMILES string of the molecule is CC1(O)CCCCC(N[C]=O)C1. The van der Waals surface area contributed by atoms with Crippen molar-refractivity contribution >= 4 is 6.41 Å². The number of aliphatic hydroxyl groups is 1. The summed E-state index contributed by atoms with van der Waals surface area (Å²) in [6.45, 7) is 1.83. The molecule has 0 bridgehead atoms. The van der Waals surface area contributed by atoms with Gasteiger partial charge in [0.25, 0.3) is 0 Å². The lowest BCUT2D eigenvalue weighted by Crippen LogP contribution is -2.35. The van der Waals surface area contributed by atoms with Crippen molar-refractivity contribution in [2.24, 2.45) is 0 Å². The zero-order valence-electron chi connectivity index (χ0n) is 7.47. The first-order valence-corrected chi connectivity index (χ1v) is 4.49. The van der Waals surface area contributed by atoms with E-state index in [4.69, 9.17) is 0 Å². The summed E-state index contributed by atoms with van der Waals surface area (Å²) in [5.74, 6) is 0. The fourth-order valence-electron chi connectivity index (χ4n) is 1.84. The van der Waals surface area contributed by atoms with E-state index in [0.29, 0.717) is 6.42 Å². The van der Waals surface area contributed by atoms with Gasteiger partial charge in [-0.2, -0.15) is 0 Å². The molecule has 1 amide bonds. The Bertz CT molecular complexity index is 157. The summed E-state index contributed by atoms with van der Waals surface area (Å²) < 4.78 is 0. The van der Waals surface area contributed by atoms with E-state index in [1.54, 1.807) is 6.41 Å². The maximum atomic E-state index is 10.1. The van der Waals surface area contributed by atoms with Crippen molar-refractivity contribution in [3.05, 3.63) is 0 Å². The fourth-order valence-corrected chi connectivity index (χ4v) is 1.84. The van der Waals surface area contributed by atoms with E-state index in [2.05, 4.69) is 5.32 Å². The fraction of sp³-hybridized carbons (Fsp3) is 0.889. The van der Waals surface area contributed by atoms with Gasteiger partial charge in [0.1, 0.15) is 0 Å². The molecule has 0 aromatic heterocycles. The van der Waals surface area contributed by atoms with Crippen LogP contribution in [0.4, 0.5) is 0 Å². The minimum absolute atomic E-state index is 0.111. The highest BCUT2D eigenvalue weighted by molar-refractivity contribution is 5.47. The number of hydrogen-bond acceptors (Lipinski definition) is 2. The number of carbonyl (C=O) groups excluding carboxylic acids is 1. The van der Waals surface area contributed by atoms with E-state index >= 15 is 0 Å². The molecule has 69 valence electrons. The molecule has 2 atom stereocenters. The predicted molar refractivity (Wildman–Crippen MR) is 46.3 cm³/mol. The van der Waals surface area contributed by atoms with Crippen molar-refractivity contribution in [1.82, 2.24) is 5.32 Å². The Labute approximate surface area is 73.2 Å². The van der Waals surface area contributed by atoms with Crippen LogP contribution in [0.15, 0.2) is 0 Å². The number of nitrogens with one attached hydrogen (secondary N) is 1. The maximum Gasteiger partial charge on any atom is 0.309 e. The molecule has 1 fully saturated rings. The zero-order valence-corrected chi connectivity index (χ0v) is 7.47. The van der Waals surface area contributed by atoms with Gasteiger partial charge in [0.05, 0.1) is 5.60 Å². The second kappa shape index (κ2) is 3.90. The summed E-state index contributed by atoms with van der Waals surface area (Å²) >= 11 is 0. The lowest BCUT2D eigenvalue weighted by molar-refractivity contribution is 0.0388. The molecule has 0 spiro atoms. The molecular formula is C9H16NO2. The predicted octanol–water partition coefficient (Wildman–Crippen LogP) is 0.727. The molecular weight excluding hydrogens is 154 g/mol. The Kier molecular flexibility index (Phi) is 3.09.